The van der Waals surface area contributed by atoms with E-state index < -0.39 is 0 Å². The molecule has 104 valence electrons. The Morgan fingerprint density at radius 3 is 2.53 bits per heavy atom. The van der Waals surface area contributed by atoms with E-state index in [0.29, 0.717) is 5.41 Å². The van der Waals surface area contributed by atoms with Crippen LogP contribution in [0.15, 0.2) is 29.2 Å². The van der Waals surface area contributed by atoms with Crippen molar-refractivity contribution in [1.29, 1.82) is 0 Å². The first kappa shape index (κ1) is 13.5. The van der Waals surface area contributed by atoms with Crippen LogP contribution in [0.3, 0.4) is 0 Å². The molecule has 0 amide bonds. The molecule has 0 aromatic heterocycles. The van der Waals surface area contributed by atoms with Gasteiger partial charge in [-0.05, 0) is 49.7 Å². The Balaban J connectivity index is 1.71. The van der Waals surface area contributed by atoms with Crippen molar-refractivity contribution in [2.75, 3.05) is 19.8 Å². The minimum atomic E-state index is 0.267. The van der Waals surface area contributed by atoms with E-state index in [1.54, 1.807) is 0 Å². The van der Waals surface area contributed by atoms with E-state index in [9.17, 15) is 0 Å². The number of thioether (sulfide) groups is 1. The van der Waals surface area contributed by atoms with Gasteiger partial charge in [0.1, 0.15) is 0 Å². The molecule has 0 radical (unpaired) electrons. The van der Waals surface area contributed by atoms with Gasteiger partial charge in [0.25, 0.3) is 0 Å². The number of aryl methyl sites for hydroxylation is 1. The molecule has 1 aliphatic heterocycles. The van der Waals surface area contributed by atoms with E-state index in [0.717, 1.165) is 19.8 Å². The standard InChI is InChI=1S/C16H23NOS/c1-13-4-2-3-5-14(13)19-16(12-17)10-15(11-16)6-8-18-9-7-15/h2-5H,6-12,17H2,1H3. The molecule has 0 bridgehead atoms. The fourth-order valence-electron chi connectivity index (χ4n) is 3.64. The molecule has 1 saturated heterocycles. The highest BCUT2D eigenvalue weighted by molar-refractivity contribution is 8.00. The monoisotopic (exact) mass is 277 g/mol. The highest BCUT2D eigenvalue weighted by Crippen LogP contribution is 2.61. The van der Waals surface area contributed by atoms with Crippen LogP contribution in [0.5, 0.6) is 0 Å². The first-order valence-corrected chi connectivity index (χ1v) is 8.01. The number of benzene rings is 1. The van der Waals surface area contributed by atoms with Gasteiger partial charge in [-0.2, -0.15) is 0 Å². The SMILES string of the molecule is Cc1ccccc1SC1(CN)CC2(CCOCC2)C1. The van der Waals surface area contributed by atoms with E-state index >= 15 is 0 Å². The van der Waals surface area contributed by atoms with Crippen LogP contribution >= 0.6 is 11.8 Å². The summed E-state index contributed by atoms with van der Waals surface area (Å²) < 4.78 is 5.77. The largest absolute Gasteiger partial charge is 0.381 e. The summed E-state index contributed by atoms with van der Waals surface area (Å²) in [4.78, 5) is 1.40. The van der Waals surface area contributed by atoms with Gasteiger partial charge in [0.05, 0.1) is 0 Å². The Hall–Kier alpha value is -0.510. The maximum absolute atomic E-state index is 6.10. The number of rotatable bonds is 3. The van der Waals surface area contributed by atoms with Crippen LogP contribution in [0.2, 0.25) is 0 Å². The Labute approximate surface area is 120 Å². The maximum atomic E-state index is 6.10. The molecule has 1 saturated carbocycles. The predicted octanol–water partition coefficient (Wildman–Crippen LogP) is 3.38. The quantitative estimate of drug-likeness (QED) is 0.920. The van der Waals surface area contributed by atoms with Gasteiger partial charge in [-0.25, -0.2) is 0 Å². The zero-order valence-electron chi connectivity index (χ0n) is 11.7. The normalized spacial score (nSPS) is 24.1. The summed E-state index contributed by atoms with van der Waals surface area (Å²) in [5.41, 5.74) is 8.01. The van der Waals surface area contributed by atoms with Crippen LogP contribution in [-0.2, 0) is 4.74 Å². The van der Waals surface area contributed by atoms with Crippen molar-refractivity contribution in [3.8, 4) is 0 Å². The first-order valence-electron chi connectivity index (χ1n) is 7.20. The summed E-state index contributed by atoms with van der Waals surface area (Å²) in [5.74, 6) is 0. The summed E-state index contributed by atoms with van der Waals surface area (Å²) in [6.07, 6.45) is 4.98. The fourth-order valence-corrected chi connectivity index (χ4v) is 5.32. The highest BCUT2D eigenvalue weighted by Gasteiger charge is 2.54. The summed E-state index contributed by atoms with van der Waals surface area (Å²) >= 11 is 2.01. The van der Waals surface area contributed by atoms with Crippen LogP contribution in [0.4, 0.5) is 0 Å². The molecule has 1 aliphatic carbocycles. The lowest BCUT2D eigenvalue weighted by Gasteiger charge is -2.57. The number of hydrogen-bond acceptors (Lipinski definition) is 3. The van der Waals surface area contributed by atoms with Gasteiger partial charge in [-0.1, -0.05) is 18.2 Å². The molecule has 1 aromatic rings. The Morgan fingerprint density at radius 2 is 1.89 bits per heavy atom. The van der Waals surface area contributed by atoms with Crippen molar-refractivity contribution in [2.24, 2.45) is 11.1 Å². The van der Waals surface area contributed by atoms with Gasteiger partial charge < -0.3 is 10.5 Å². The molecule has 0 unspecified atom stereocenters. The molecule has 2 fully saturated rings. The summed E-state index contributed by atoms with van der Waals surface area (Å²) in [6, 6.07) is 8.65. The molecular formula is C16H23NOS. The number of nitrogens with two attached hydrogens (primary N) is 1. The van der Waals surface area contributed by atoms with Crippen molar-refractivity contribution >= 4 is 11.8 Å². The number of ether oxygens (including phenoxy) is 1. The zero-order chi connectivity index (χ0) is 13.3. The lowest BCUT2D eigenvalue weighted by Crippen LogP contribution is -2.55. The zero-order valence-corrected chi connectivity index (χ0v) is 12.5. The molecule has 3 rings (SSSR count). The molecule has 2 nitrogen and oxygen atoms in total. The van der Waals surface area contributed by atoms with Crippen molar-refractivity contribution in [2.45, 2.75) is 42.2 Å². The highest BCUT2D eigenvalue weighted by atomic mass is 32.2. The average Bonchev–Trinajstić information content (AvgIpc) is 2.40. The van der Waals surface area contributed by atoms with Gasteiger partial charge >= 0.3 is 0 Å². The van der Waals surface area contributed by atoms with Crippen molar-refractivity contribution < 1.29 is 4.74 Å². The van der Waals surface area contributed by atoms with Crippen LogP contribution in [-0.4, -0.2) is 24.5 Å². The van der Waals surface area contributed by atoms with E-state index in [4.69, 9.17) is 10.5 Å². The fraction of sp³-hybridized carbons (Fsp3) is 0.625. The van der Waals surface area contributed by atoms with Crippen molar-refractivity contribution in [3.63, 3.8) is 0 Å². The second-order valence-electron chi connectivity index (χ2n) is 6.22. The maximum Gasteiger partial charge on any atom is 0.0471 e. The molecule has 2 N–H and O–H groups in total. The topological polar surface area (TPSA) is 35.2 Å². The van der Waals surface area contributed by atoms with E-state index in [1.807, 2.05) is 11.8 Å². The molecule has 2 aliphatic rings. The first-order chi connectivity index (χ1) is 9.17. The van der Waals surface area contributed by atoms with Crippen LogP contribution in [0.1, 0.15) is 31.2 Å². The van der Waals surface area contributed by atoms with Crippen molar-refractivity contribution in [3.05, 3.63) is 29.8 Å². The molecule has 19 heavy (non-hydrogen) atoms. The third-order valence-corrected chi connectivity index (χ3v) is 6.31. The Kier molecular flexibility index (Phi) is 3.63. The molecule has 1 heterocycles. The third kappa shape index (κ3) is 2.56. The minimum absolute atomic E-state index is 0.267. The van der Waals surface area contributed by atoms with Crippen LogP contribution in [0.25, 0.3) is 0 Å². The van der Waals surface area contributed by atoms with Crippen molar-refractivity contribution in [1.82, 2.24) is 0 Å². The second kappa shape index (κ2) is 5.12. The minimum Gasteiger partial charge on any atom is -0.381 e. The van der Waals surface area contributed by atoms with Gasteiger partial charge in [0.2, 0.25) is 0 Å². The van der Waals surface area contributed by atoms with E-state index in [1.165, 1.54) is 36.1 Å². The summed E-state index contributed by atoms with van der Waals surface area (Å²) in [6.45, 7) is 4.86. The van der Waals surface area contributed by atoms with Gasteiger partial charge in [0, 0.05) is 29.4 Å². The van der Waals surface area contributed by atoms with Crippen LogP contribution in [0, 0.1) is 12.3 Å². The van der Waals surface area contributed by atoms with Crippen LogP contribution < -0.4 is 5.73 Å². The van der Waals surface area contributed by atoms with Gasteiger partial charge in [-0.15, -0.1) is 11.8 Å². The average molecular weight is 277 g/mol. The van der Waals surface area contributed by atoms with E-state index in [2.05, 4.69) is 31.2 Å². The predicted molar refractivity (Wildman–Crippen MR) is 80.5 cm³/mol. The smallest absolute Gasteiger partial charge is 0.0471 e. The Bertz CT molecular complexity index is 446. The van der Waals surface area contributed by atoms with E-state index in [-0.39, 0.29) is 4.75 Å². The lowest BCUT2D eigenvalue weighted by atomic mass is 9.57. The lowest BCUT2D eigenvalue weighted by molar-refractivity contribution is -0.0451. The second-order valence-corrected chi connectivity index (χ2v) is 7.73. The third-order valence-electron chi connectivity index (χ3n) is 4.74. The molecule has 1 spiro atoms. The summed E-state index contributed by atoms with van der Waals surface area (Å²) in [7, 11) is 0. The molecular weight excluding hydrogens is 254 g/mol. The molecule has 3 heteroatoms. The summed E-state index contributed by atoms with van der Waals surface area (Å²) in [5, 5.41) is 0. The molecule has 0 atom stereocenters. The number of hydrogen-bond donors (Lipinski definition) is 1. The Morgan fingerprint density at radius 1 is 1.21 bits per heavy atom. The molecule has 1 aromatic carbocycles. The van der Waals surface area contributed by atoms with Gasteiger partial charge in [-0.3, -0.25) is 0 Å². The van der Waals surface area contributed by atoms with Gasteiger partial charge in [0.15, 0.2) is 0 Å².